The maximum Gasteiger partial charge on any atom is 0.252 e. The molecule has 1 heterocycles. The standard InChI is InChI=1S/C29H37FN2O4/c1-18-15-23-22-10-9-19-16-21(33)11-12-26(19,2)28(22,30)24(34)17-27(23,3)29(18,36)25(35)32-14-6-8-20-7-4-5-13-31-20/h4-5,7,11-13,16,18,22-24,34,36H,6,8-10,14-15,17H2,1-3H3,(H,32,35). The zero-order valence-electron chi connectivity index (χ0n) is 21.3. The van der Waals surface area contributed by atoms with E-state index in [4.69, 9.17) is 0 Å². The molecule has 8 unspecified atom stereocenters. The number of amides is 1. The van der Waals surface area contributed by atoms with Crippen LogP contribution in [0.4, 0.5) is 4.39 Å². The van der Waals surface area contributed by atoms with Crippen molar-refractivity contribution in [1.82, 2.24) is 10.3 Å². The molecule has 1 aromatic heterocycles. The number of fused-ring (bicyclic) bond motifs is 5. The summed E-state index contributed by atoms with van der Waals surface area (Å²) in [4.78, 5) is 29.8. The fourth-order valence-electron chi connectivity index (χ4n) is 8.18. The van der Waals surface area contributed by atoms with Crippen molar-refractivity contribution in [3.8, 4) is 0 Å². The number of carbonyl (C=O) groups excluding carboxylic acids is 2. The van der Waals surface area contributed by atoms with Gasteiger partial charge in [-0.3, -0.25) is 14.6 Å². The summed E-state index contributed by atoms with van der Waals surface area (Å²) in [6.07, 6.45) is 7.85. The fourth-order valence-corrected chi connectivity index (χ4v) is 8.18. The minimum atomic E-state index is -1.97. The lowest BCUT2D eigenvalue weighted by molar-refractivity contribution is -0.219. The molecule has 5 rings (SSSR count). The van der Waals surface area contributed by atoms with Gasteiger partial charge in [-0.25, -0.2) is 4.39 Å². The van der Waals surface area contributed by atoms with Crippen LogP contribution >= 0.6 is 0 Å². The number of rotatable bonds is 5. The lowest BCUT2D eigenvalue weighted by Crippen LogP contribution is -2.70. The third kappa shape index (κ3) is 3.31. The van der Waals surface area contributed by atoms with Crippen LogP contribution in [0.2, 0.25) is 0 Å². The molecule has 0 spiro atoms. The van der Waals surface area contributed by atoms with E-state index in [2.05, 4.69) is 10.3 Å². The number of aromatic nitrogens is 1. The van der Waals surface area contributed by atoms with Gasteiger partial charge < -0.3 is 15.5 Å². The molecule has 0 aliphatic heterocycles. The van der Waals surface area contributed by atoms with Crippen LogP contribution in [0, 0.1) is 28.6 Å². The van der Waals surface area contributed by atoms with E-state index in [1.165, 1.54) is 12.2 Å². The second-order valence-corrected chi connectivity index (χ2v) is 11.8. The van der Waals surface area contributed by atoms with Gasteiger partial charge in [-0.15, -0.1) is 0 Å². The van der Waals surface area contributed by atoms with Gasteiger partial charge in [0.15, 0.2) is 17.1 Å². The topological polar surface area (TPSA) is 99.5 Å². The molecule has 6 nitrogen and oxygen atoms in total. The Bertz CT molecular complexity index is 1120. The summed E-state index contributed by atoms with van der Waals surface area (Å²) in [6.45, 7) is 5.89. The maximum atomic E-state index is 17.2. The van der Waals surface area contributed by atoms with E-state index < -0.39 is 40.0 Å². The van der Waals surface area contributed by atoms with Crippen LogP contribution in [0.15, 0.2) is 48.2 Å². The summed E-state index contributed by atoms with van der Waals surface area (Å²) in [5.74, 6) is -1.77. The number of nitrogens with zero attached hydrogens (tertiary/aromatic N) is 1. The third-order valence-electron chi connectivity index (χ3n) is 10.2. The van der Waals surface area contributed by atoms with Gasteiger partial charge in [-0.1, -0.05) is 31.6 Å². The molecule has 1 amide bonds. The number of pyridine rings is 1. The van der Waals surface area contributed by atoms with Crippen LogP contribution in [-0.4, -0.2) is 50.8 Å². The molecule has 0 saturated heterocycles. The van der Waals surface area contributed by atoms with Gasteiger partial charge in [0.25, 0.3) is 5.91 Å². The van der Waals surface area contributed by atoms with Crippen molar-refractivity contribution < 1.29 is 24.2 Å². The number of aliphatic hydroxyl groups excluding tert-OH is 1. The zero-order chi connectivity index (χ0) is 25.9. The number of hydrogen-bond donors (Lipinski definition) is 3. The lowest BCUT2D eigenvalue weighted by Gasteiger charge is -2.62. The van der Waals surface area contributed by atoms with E-state index in [1.807, 2.05) is 32.0 Å². The molecule has 0 radical (unpaired) electrons. The van der Waals surface area contributed by atoms with Crippen molar-refractivity contribution >= 4 is 11.7 Å². The number of alkyl halides is 1. The van der Waals surface area contributed by atoms with Crippen molar-refractivity contribution in [1.29, 1.82) is 0 Å². The third-order valence-corrected chi connectivity index (χ3v) is 10.2. The van der Waals surface area contributed by atoms with Gasteiger partial charge in [-0.05, 0) is 81.6 Å². The van der Waals surface area contributed by atoms with Gasteiger partial charge in [0, 0.05) is 35.2 Å². The van der Waals surface area contributed by atoms with Gasteiger partial charge in [0.05, 0.1) is 6.10 Å². The predicted octanol–water partition coefficient (Wildman–Crippen LogP) is 3.48. The first-order chi connectivity index (χ1) is 17.0. The van der Waals surface area contributed by atoms with Crippen molar-refractivity contribution in [2.45, 2.75) is 76.7 Å². The molecule has 4 aliphatic carbocycles. The summed E-state index contributed by atoms with van der Waals surface area (Å²) in [5, 5.41) is 26.3. The maximum absolute atomic E-state index is 17.2. The number of hydrogen-bond acceptors (Lipinski definition) is 5. The Kier molecular flexibility index (Phi) is 6.03. The van der Waals surface area contributed by atoms with Gasteiger partial charge in [0.2, 0.25) is 0 Å². The first-order valence-corrected chi connectivity index (χ1v) is 13.2. The number of ketones is 1. The van der Waals surface area contributed by atoms with Crippen LogP contribution in [0.1, 0.15) is 58.6 Å². The van der Waals surface area contributed by atoms with Gasteiger partial charge in [0.1, 0.15) is 0 Å². The molecule has 4 aliphatic rings. The first-order valence-electron chi connectivity index (χ1n) is 13.2. The average Bonchev–Trinajstić information content (AvgIpc) is 3.05. The minimum Gasteiger partial charge on any atom is -0.390 e. The van der Waals surface area contributed by atoms with Gasteiger partial charge >= 0.3 is 0 Å². The number of nitrogens with one attached hydrogen (secondary N) is 1. The Hall–Kier alpha value is -2.38. The Morgan fingerprint density at radius 2 is 2.06 bits per heavy atom. The van der Waals surface area contributed by atoms with Crippen LogP contribution in [0.5, 0.6) is 0 Å². The van der Waals surface area contributed by atoms with E-state index in [1.54, 1.807) is 19.2 Å². The predicted molar refractivity (Wildman–Crippen MR) is 133 cm³/mol. The monoisotopic (exact) mass is 496 g/mol. The molecular formula is C29H37FN2O4. The molecule has 3 N–H and O–H groups in total. The van der Waals surface area contributed by atoms with Crippen LogP contribution in [-0.2, 0) is 16.0 Å². The summed E-state index contributed by atoms with van der Waals surface area (Å²) in [7, 11) is 0. The van der Waals surface area contributed by atoms with E-state index in [9.17, 15) is 19.8 Å². The second kappa shape index (κ2) is 8.59. The molecular weight excluding hydrogens is 459 g/mol. The lowest BCUT2D eigenvalue weighted by atomic mass is 9.44. The number of carbonyl (C=O) groups is 2. The summed E-state index contributed by atoms with van der Waals surface area (Å²) in [5.41, 5.74) is -4.06. The summed E-state index contributed by atoms with van der Waals surface area (Å²) < 4.78 is 17.2. The number of aryl methyl sites for hydroxylation is 1. The molecule has 194 valence electrons. The highest BCUT2D eigenvalue weighted by molar-refractivity contribution is 6.01. The second-order valence-electron chi connectivity index (χ2n) is 11.8. The highest BCUT2D eigenvalue weighted by Crippen LogP contribution is 2.70. The summed E-state index contributed by atoms with van der Waals surface area (Å²) >= 11 is 0. The van der Waals surface area contributed by atoms with Crippen LogP contribution < -0.4 is 5.32 Å². The number of aliphatic hydroxyl groups is 2. The quantitative estimate of drug-likeness (QED) is 0.542. The van der Waals surface area contributed by atoms with E-state index in [-0.39, 0.29) is 24.0 Å². The summed E-state index contributed by atoms with van der Waals surface area (Å²) in [6, 6.07) is 5.73. The van der Waals surface area contributed by atoms with E-state index >= 15 is 4.39 Å². The number of allylic oxidation sites excluding steroid dienone is 4. The molecule has 3 fully saturated rings. The Labute approximate surface area is 212 Å². The molecule has 8 atom stereocenters. The van der Waals surface area contributed by atoms with Crippen molar-refractivity contribution in [2.24, 2.45) is 28.6 Å². The molecule has 36 heavy (non-hydrogen) atoms. The first kappa shape index (κ1) is 25.3. The minimum absolute atomic E-state index is 0.0164. The van der Waals surface area contributed by atoms with E-state index in [0.29, 0.717) is 38.6 Å². The SMILES string of the molecule is CC1CC2C3CCC4=CC(=O)C=CC4(C)C3(F)C(O)CC2(C)C1(O)C(=O)NCCCc1ccccn1. The van der Waals surface area contributed by atoms with E-state index in [0.717, 1.165) is 11.3 Å². The van der Waals surface area contributed by atoms with Crippen molar-refractivity contribution in [3.63, 3.8) is 0 Å². The van der Waals surface area contributed by atoms with Crippen molar-refractivity contribution in [2.75, 3.05) is 6.54 Å². The smallest absolute Gasteiger partial charge is 0.252 e. The Balaban J connectivity index is 1.38. The Morgan fingerprint density at radius 3 is 2.78 bits per heavy atom. The average molecular weight is 497 g/mol. The van der Waals surface area contributed by atoms with Crippen LogP contribution in [0.3, 0.4) is 0 Å². The molecule has 0 bridgehead atoms. The highest BCUT2D eigenvalue weighted by atomic mass is 19.1. The molecule has 3 saturated carbocycles. The van der Waals surface area contributed by atoms with Gasteiger partial charge in [-0.2, -0.15) is 0 Å². The molecule has 1 aromatic rings. The Morgan fingerprint density at radius 1 is 1.28 bits per heavy atom. The van der Waals surface area contributed by atoms with Crippen LogP contribution in [0.25, 0.3) is 0 Å². The largest absolute Gasteiger partial charge is 0.390 e. The zero-order valence-corrected chi connectivity index (χ0v) is 21.3. The molecule has 0 aromatic carbocycles. The number of halogens is 1. The fraction of sp³-hybridized carbons (Fsp3) is 0.621. The van der Waals surface area contributed by atoms with Crippen molar-refractivity contribution in [3.05, 3.63) is 53.9 Å². The normalized spacial score (nSPS) is 43.3. The highest BCUT2D eigenvalue weighted by Gasteiger charge is 2.75. The molecule has 7 heteroatoms.